The van der Waals surface area contributed by atoms with E-state index in [4.69, 9.17) is 4.42 Å². The lowest BCUT2D eigenvalue weighted by molar-refractivity contribution is 0.667. The monoisotopic (exact) mass is 741 g/mol. The van der Waals surface area contributed by atoms with E-state index in [0.29, 0.717) is 0 Å². The van der Waals surface area contributed by atoms with Gasteiger partial charge >= 0.3 is 0 Å². The Morgan fingerprint density at radius 3 is 1.47 bits per heavy atom. The maximum atomic E-state index is 6.61. The molecule has 0 saturated carbocycles. The van der Waals surface area contributed by atoms with E-state index < -0.39 is 5.41 Å². The van der Waals surface area contributed by atoms with Crippen molar-refractivity contribution in [3.05, 3.63) is 235 Å². The molecule has 0 spiro atoms. The maximum Gasteiger partial charge on any atom is 0.136 e. The molecule has 58 heavy (non-hydrogen) atoms. The lowest BCUT2D eigenvalue weighted by Crippen LogP contribution is -2.23. The van der Waals surface area contributed by atoms with Crippen LogP contribution in [-0.2, 0) is 5.41 Å². The second-order valence-electron chi connectivity index (χ2n) is 15.4. The van der Waals surface area contributed by atoms with Gasteiger partial charge in [-0.3, -0.25) is 0 Å². The van der Waals surface area contributed by atoms with Crippen LogP contribution in [0.1, 0.15) is 23.6 Å². The number of hydrogen-bond donors (Lipinski definition) is 0. The third-order valence-corrected chi connectivity index (χ3v) is 12.2. The zero-order valence-electron chi connectivity index (χ0n) is 32.1. The Labute approximate surface area is 338 Å². The topological polar surface area (TPSA) is 16.4 Å². The Balaban J connectivity index is 1.13. The summed E-state index contributed by atoms with van der Waals surface area (Å²) in [6.45, 7) is 2.41. The molecule has 0 radical (unpaired) electrons. The van der Waals surface area contributed by atoms with Gasteiger partial charge in [0.2, 0.25) is 0 Å². The van der Waals surface area contributed by atoms with Gasteiger partial charge in [-0.05, 0) is 117 Å². The average molecular weight is 742 g/mol. The molecule has 0 saturated heterocycles. The van der Waals surface area contributed by atoms with Crippen LogP contribution < -0.4 is 4.90 Å². The lowest BCUT2D eigenvalue weighted by atomic mass is 9.71. The summed E-state index contributed by atoms with van der Waals surface area (Å²) >= 11 is 0. The van der Waals surface area contributed by atoms with E-state index >= 15 is 0 Å². The van der Waals surface area contributed by atoms with Crippen molar-refractivity contribution in [1.82, 2.24) is 0 Å². The fourth-order valence-electron chi connectivity index (χ4n) is 9.39. The molecule has 0 bridgehead atoms. The van der Waals surface area contributed by atoms with Crippen molar-refractivity contribution in [2.24, 2.45) is 0 Å². The van der Waals surface area contributed by atoms with E-state index in [2.05, 4.69) is 230 Å². The molecular formula is C56H39NO. The lowest BCUT2D eigenvalue weighted by Gasteiger charge is -2.31. The van der Waals surface area contributed by atoms with E-state index in [1.54, 1.807) is 0 Å². The molecule has 0 amide bonds. The third-order valence-electron chi connectivity index (χ3n) is 12.2. The zero-order chi connectivity index (χ0) is 38.6. The van der Waals surface area contributed by atoms with Crippen LogP contribution in [0, 0.1) is 0 Å². The van der Waals surface area contributed by atoms with Crippen LogP contribution in [0.2, 0.25) is 0 Å². The molecule has 0 aliphatic heterocycles. The van der Waals surface area contributed by atoms with Crippen LogP contribution in [0.4, 0.5) is 17.1 Å². The van der Waals surface area contributed by atoms with Gasteiger partial charge < -0.3 is 9.32 Å². The van der Waals surface area contributed by atoms with E-state index in [0.717, 1.165) is 44.6 Å². The van der Waals surface area contributed by atoms with Crippen molar-refractivity contribution in [1.29, 1.82) is 0 Å². The predicted molar refractivity (Wildman–Crippen MR) is 242 cm³/mol. The van der Waals surface area contributed by atoms with Gasteiger partial charge in [0.1, 0.15) is 11.2 Å². The molecular weight excluding hydrogens is 703 g/mol. The highest BCUT2D eigenvalue weighted by Crippen LogP contribution is 2.56. The smallest absolute Gasteiger partial charge is 0.136 e. The Kier molecular flexibility index (Phi) is 7.97. The number of benzene rings is 9. The van der Waals surface area contributed by atoms with E-state index in [1.807, 2.05) is 0 Å². The fraction of sp³-hybridized carbons (Fsp3) is 0.0357. The molecule has 274 valence electrons. The fourth-order valence-corrected chi connectivity index (χ4v) is 9.39. The number of anilines is 3. The average Bonchev–Trinajstić information content (AvgIpc) is 3.81. The summed E-state index contributed by atoms with van der Waals surface area (Å²) in [5, 5.41) is 2.26. The van der Waals surface area contributed by atoms with Gasteiger partial charge in [0.15, 0.2) is 0 Å². The van der Waals surface area contributed by atoms with E-state index in [1.165, 1.54) is 55.6 Å². The highest BCUT2D eigenvalue weighted by atomic mass is 16.3. The van der Waals surface area contributed by atoms with E-state index in [-0.39, 0.29) is 0 Å². The molecule has 9 aromatic carbocycles. The SMILES string of the molecule is CC1(c2ccc3oc4ccccc4c3c2-c2cccc(N(c3ccc(-c4ccccc4)cc3)c3ccc(-c4ccccc4)cc3)c2)c2ccccc2-c2ccccc21. The number of para-hydroxylation sites is 1. The van der Waals surface area contributed by atoms with Crippen molar-refractivity contribution in [3.8, 4) is 44.5 Å². The quantitative estimate of drug-likeness (QED) is 0.162. The molecule has 1 heterocycles. The van der Waals surface area contributed by atoms with Crippen molar-refractivity contribution in [2.45, 2.75) is 12.3 Å². The molecule has 0 atom stereocenters. The number of rotatable bonds is 7. The number of furan rings is 1. The number of nitrogens with zero attached hydrogens (tertiary/aromatic N) is 1. The van der Waals surface area contributed by atoms with E-state index in [9.17, 15) is 0 Å². The standard InChI is InChI=1S/C56H39NO/c1-56(49-24-11-8-21-46(49)47-22-9-12-25-50(47)56)51-35-36-53-55(48-23-10-13-26-52(48)58-53)54(51)42-19-14-20-45(37-42)57(43-31-27-40(28-32-43)38-15-4-2-5-16-38)44-33-29-41(30-34-44)39-17-6-3-7-18-39/h2-37H,1H3. The largest absolute Gasteiger partial charge is 0.456 e. The summed E-state index contributed by atoms with van der Waals surface area (Å²) in [7, 11) is 0. The Bertz CT molecular complexity index is 2980. The van der Waals surface area contributed by atoms with Crippen LogP contribution in [0.25, 0.3) is 66.4 Å². The van der Waals surface area contributed by atoms with Gasteiger partial charge in [0.05, 0.1) is 0 Å². The normalized spacial score (nSPS) is 12.7. The molecule has 11 rings (SSSR count). The zero-order valence-corrected chi connectivity index (χ0v) is 32.1. The second-order valence-corrected chi connectivity index (χ2v) is 15.4. The maximum absolute atomic E-state index is 6.61. The Morgan fingerprint density at radius 1 is 0.362 bits per heavy atom. The first-order chi connectivity index (χ1) is 28.6. The van der Waals surface area contributed by atoms with Crippen LogP contribution in [0.5, 0.6) is 0 Å². The molecule has 0 unspecified atom stereocenters. The summed E-state index contributed by atoms with van der Waals surface area (Å²) in [6, 6.07) is 78.9. The number of hydrogen-bond acceptors (Lipinski definition) is 2. The molecule has 1 aliphatic rings. The highest BCUT2D eigenvalue weighted by Gasteiger charge is 2.42. The third kappa shape index (κ3) is 5.41. The minimum Gasteiger partial charge on any atom is -0.456 e. The summed E-state index contributed by atoms with van der Waals surface area (Å²) in [5.74, 6) is 0. The second kappa shape index (κ2) is 13.7. The van der Waals surface area contributed by atoms with Gasteiger partial charge in [-0.2, -0.15) is 0 Å². The van der Waals surface area contributed by atoms with Gasteiger partial charge in [-0.1, -0.05) is 170 Å². The van der Waals surface area contributed by atoms with Crippen LogP contribution in [0.3, 0.4) is 0 Å². The molecule has 1 aliphatic carbocycles. The van der Waals surface area contributed by atoms with Crippen molar-refractivity contribution < 1.29 is 4.42 Å². The van der Waals surface area contributed by atoms with Gasteiger partial charge in [-0.15, -0.1) is 0 Å². The molecule has 0 fully saturated rings. The summed E-state index contributed by atoms with van der Waals surface area (Å²) < 4.78 is 6.61. The minimum absolute atomic E-state index is 0.411. The molecule has 10 aromatic rings. The highest BCUT2D eigenvalue weighted by molar-refractivity contribution is 6.14. The first-order valence-corrected chi connectivity index (χ1v) is 20.0. The van der Waals surface area contributed by atoms with Crippen LogP contribution in [-0.4, -0.2) is 0 Å². The first-order valence-electron chi connectivity index (χ1n) is 20.0. The Hall–Kier alpha value is -7.42. The molecule has 1 aromatic heterocycles. The summed E-state index contributed by atoms with van der Waals surface area (Å²) in [5.41, 5.74) is 18.2. The molecule has 2 nitrogen and oxygen atoms in total. The Morgan fingerprint density at radius 2 is 0.862 bits per heavy atom. The van der Waals surface area contributed by atoms with Crippen molar-refractivity contribution >= 4 is 39.0 Å². The molecule has 2 heteroatoms. The van der Waals surface area contributed by atoms with Crippen molar-refractivity contribution in [2.75, 3.05) is 4.90 Å². The van der Waals surface area contributed by atoms with Gasteiger partial charge in [0, 0.05) is 33.2 Å². The van der Waals surface area contributed by atoms with Crippen LogP contribution >= 0.6 is 0 Å². The summed E-state index contributed by atoms with van der Waals surface area (Å²) in [4.78, 5) is 2.38. The number of fused-ring (bicyclic) bond motifs is 6. The predicted octanol–water partition coefficient (Wildman–Crippen LogP) is 15.4. The van der Waals surface area contributed by atoms with Crippen molar-refractivity contribution in [3.63, 3.8) is 0 Å². The molecule has 0 N–H and O–H groups in total. The van der Waals surface area contributed by atoms with Crippen LogP contribution in [0.15, 0.2) is 223 Å². The van der Waals surface area contributed by atoms with Gasteiger partial charge in [-0.25, -0.2) is 0 Å². The van der Waals surface area contributed by atoms with Gasteiger partial charge in [0.25, 0.3) is 0 Å². The first kappa shape index (κ1) is 33.9. The minimum atomic E-state index is -0.411. The summed E-state index contributed by atoms with van der Waals surface area (Å²) in [6.07, 6.45) is 0.